The smallest absolute Gasteiger partial charge is 0.230 e. The summed E-state index contributed by atoms with van der Waals surface area (Å²) in [5.41, 5.74) is 7.14. The summed E-state index contributed by atoms with van der Waals surface area (Å²) in [7, 11) is 0. The first-order valence-corrected chi connectivity index (χ1v) is 7.24. The highest BCUT2D eigenvalue weighted by Gasteiger charge is 2.51. The fourth-order valence-electron chi connectivity index (χ4n) is 2.67. The Morgan fingerprint density at radius 3 is 2.71 bits per heavy atom. The quantitative estimate of drug-likeness (QED) is 0.821. The van der Waals surface area contributed by atoms with Crippen molar-refractivity contribution in [3.05, 3.63) is 48.3 Å². The third kappa shape index (κ3) is 2.77. The van der Waals surface area contributed by atoms with Crippen LogP contribution in [0.25, 0.3) is 0 Å². The number of nitrogens with one attached hydrogen (secondary N) is 1. The molecule has 0 aliphatic heterocycles. The number of hydrogen-bond acceptors (Lipinski definition) is 3. The van der Waals surface area contributed by atoms with Crippen LogP contribution < -0.4 is 11.1 Å². The summed E-state index contributed by atoms with van der Waals surface area (Å²) in [5, 5.41) is 7.26. The van der Waals surface area contributed by atoms with E-state index in [0.717, 1.165) is 24.1 Å². The van der Waals surface area contributed by atoms with Gasteiger partial charge in [0.25, 0.3) is 0 Å². The molecule has 1 aromatic heterocycles. The van der Waals surface area contributed by atoms with Gasteiger partial charge in [-0.3, -0.25) is 9.48 Å². The van der Waals surface area contributed by atoms with Crippen molar-refractivity contribution in [1.82, 2.24) is 15.1 Å². The topological polar surface area (TPSA) is 72.9 Å². The SMILES string of the molecule is CC(Cn1cccn1)NC(=O)C1(c2ccc(N)cc2)CC1. The number of amides is 1. The van der Waals surface area contributed by atoms with Gasteiger partial charge in [0.15, 0.2) is 0 Å². The van der Waals surface area contributed by atoms with Crippen LogP contribution in [0.15, 0.2) is 42.7 Å². The van der Waals surface area contributed by atoms with Gasteiger partial charge >= 0.3 is 0 Å². The summed E-state index contributed by atoms with van der Waals surface area (Å²) in [6.07, 6.45) is 5.44. The zero-order valence-electron chi connectivity index (χ0n) is 12.1. The second-order valence-electron chi connectivity index (χ2n) is 5.81. The number of rotatable bonds is 5. The summed E-state index contributed by atoms with van der Waals surface area (Å²) in [6.45, 7) is 2.68. The number of nitrogen functional groups attached to an aromatic ring is 1. The molecule has 5 heteroatoms. The van der Waals surface area contributed by atoms with Crippen molar-refractivity contribution in [2.75, 3.05) is 5.73 Å². The van der Waals surface area contributed by atoms with Gasteiger partial charge in [0.1, 0.15) is 0 Å². The average Bonchev–Trinajstić information content (AvgIpc) is 3.12. The predicted octanol–water partition coefficient (Wildman–Crippen LogP) is 1.70. The summed E-state index contributed by atoms with van der Waals surface area (Å²) < 4.78 is 1.83. The molecule has 0 radical (unpaired) electrons. The zero-order valence-corrected chi connectivity index (χ0v) is 12.1. The molecule has 1 atom stereocenters. The minimum absolute atomic E-state index is 0.0451. The van der Waals surface area contributed by atoms with Crippen LogP contribution in [0.4, 0.5) is 5.69 Å². The van der Waals surface area contributed by atoms with E-state index in [9.17, 15) is 4.79 Å². The Balaban J connectivity index is 1.66. The highest BCUT2D eigenvalue weighted by Crippen LogP contribution is 2.48. The number of nitrogens with two attached hydrogens (primary N) is 1. The second kappa shape index (κ2) is 5.24. The Hall–Kier alpha value is -2.30. The van der Waals surface area contributed by atoms with Crippen molar-refractivity contribution < 1.29 is 4.79 Å². The number of hydrogen-bond donors (Lipinski definition) is 2. The van der Waals surface area contributed by atoms with Crippen LogP contribution in [0.5, 0.6) is 0 Å². The van der Waals surface area contributed by atoms with Crippen LogP contribution in [0, 0.1) is 0 Å². The minimum Gasteiger partial charge on any atom is -0.399 e. The number of aromatic nitrogens is 2. The molecule has 1 unspecified atom stereocenters. The molecule has 2 aromatic rings. The number of nitrogens with zero attached hydrogens (tertiary/aromatic N) is 2. The molecular weight excluding hydrogens is 264 g/mol. The van der Waals surface area contributed by atoms with E-state index in [4.69, 9.17) is 5.73 Å². The first-order valence-electron chi connectivity index (χ1n) is 7.24. The zero-order chi connectivity index (χ0) is 14.9. The molecular formula is C16H20N4O. The van der Waals surface area contributed by atoms with Gasteiger partial charge in [-0.1, -0.05) is 12.1 Å². The van der Waals surface area contributed by atoms with E-state index in [1.165, 1.54) is 0 Å². The van der Waals surface area contributed by atoms with E-state index in [1.807, 2.05) is 48.1 Å². The largest absolute Gasteiger partial charge is 0.399 e. The van der Waals surface area contributed by atoms with Crippen LogP contribution >= 0.6 is 0 Å². The lowest BCUT2D eigenvalue weighted by Crippen LogP contribution is -2.42. The molecule has 3 rings (SSSR count). The lowest BCUT2D eigenvalue weighted by Gasteiger charge is -2.20. The van der Waals surface area contributed by atoms with E-state index in [2.05, 4.69) is 10.4 Å². The van der Waals surface area contributed by atoms with E-state index < -0.39 is 0 Å². The molecule has 0 saturated heterocycles. The molecule has 0 spiro atoms. The Morgan fingerprint density at radius 1 is 1.43 bits per heavy atom. The van der Waals surface area contributed by atoms with Crippen LogP contribution in [0.2, 0.25) is 0 Å². The highest BCUT2D eigenvalue weighted by atomic mass is 16.2. The van der Waals surface area contributed by atoms with Gasteiger partial charge < -0.3 is 11.1 Å². The van der Waals surface area contributed by atoms with Crippen molar-refractivity contribution in [2.45, 2.75) is 37.8 Å². The Kier molecular flexibility index (Phi) is 3.41. The van der Waals surface area contributed by atoms with Gasteiger partial charge in [-0.15, -0.1) is 0 Å². The highest BCUT2D eigenvalue weighted by molar-refractivity contribution is 5.91. The summed E-state index contributed by atoms with van der Waals surface area (Å²) in [5.74, 6) is 0.104. The molecule has 1 saturated carbocycles. The Bertz CT molecular complexity index is 614. The molecule has 5 nitrogen and oxygen atoms in total. The van der Waals surface area contributed by atoms with E-state index in [0.29, 0.717) is 6.54 Å². The molecule has 1 aliphatic carbocycles. The number of carbonyl (C=O) groups excluding carboxylic acids is 1. The van der Waals surface area contributed by atoms with Gasteiger partial charge in [-0.2, -0.15) is 5.10 Å². The standard InChI is InChI=1S/C16H20N4O/c1-12(11-20-10-2-9-18-20)19-15(21)16(7-8-16)13-3-5-14(17)6-4-13/h2-6,9-10,12H,7-8,11,17H2,1H3,(H,19,21). The maximum absolute atomic E-state index is 12.6. The number of carbonyl (C=O) groups is 1. The third-order valence-corrected chi connectivity index (χ3v) is 4.05. The van der Waals surface area contributed by atoms with Crippen molar-refractivity contribution in [3.63, 3.8) is 0 Å². The van der Waals surface area contributed by atoms with Crippen LogP contribution in [-0.4, -0.2) is 21.7 Å². The molecule has 0 bridgehead atoms. The van der Waals surface area contributed by atoms with Crippen molar-refractivity contribution in [1.29, 1.82) is 0 Å². The fraction of sp³-hybridized carbons (Fsp3) is 0.375. The lowest BCUT2D eigenvalue weighted by molar-refractivity contribution is -0.124. The van der Waals surface area contributed by atoms with Crippen LogP contribution in [0.3, 0.4) is 0 Å². The van der Waals surface area contributed by atoms with Crippen LogP contribution in [-0.2, 0) is 16.8 Å². The number of benzene rings is 1. The van der Waals surface area contributed by atoms with Gasteiger partial charge in [-0.05, 0) is 43.5 Å². The molecule has 1 aromatic carbocycles. The van der Waals surface area contributed by atoms with Gasteiger partial charge in [0, 0.05) is 24.1 Å². The lowest BCUT2D eigenvalue weighted by atomic mass is 9.94. The molecule has 3 N–H and O–H groups in total. The fourth-order valence-corrected chi connectivity index (χ4v) is 2.67. The maximum atomic E-state index is 12.6. The molecule has 110 valence electrons. The van der Waals surface area contributed by atoms with Crippen molar-refractivity contribution >= 4 is 11.6 Å². The minimum atomic E-state index is -0.355. The number of anilines is 1. The first-order chi connectivity index (χ1) is 10.1. The van der Waals surface area contributed by atoms with E-state index in [1.54, 1.807) is 6.20 Å². The predicted molar refractivity (Wildman–Crippen MR) is 81.6 cm³/mol. The van der Waals surface area contributed by atoms with Crippen molar-refractivity contribution in [3.8, 4) is 0 Å². The Labute approximate surface area is 124 Å². The maximum Gasteiger partial charge on any atom is 0.230 e. The first kappa shape index (κ1) is 13.7. The Morgan fingerprint density at radius 2 is 2.14 bits per heavy atom. The van der Waals surface area contributed by atoms with E-state index in [-0.39, 0.29) is 17.4 Å². The molecule has 1 heterocycles. The molecule has 1 amide bonds. The average molecular weight is 284 g/mol. The normalized spacial score (nSPS) is 17.2. The van der Waals surface area contributed by atoms with Gasteiger partial charge in [0.2, 0.25) is 5.91 Å². The monoisotopic (exact) mass is 284 g/mol. The summed E-state index contributed by atoms with van der Waals surface area (Å²) >= 11 is 0. The molecule has 1 fully saturated rings. The molecule has 1 aliphatic rings. The van der Waals surface area contributed by atoms with E-state index >= 15 is 0 Å². The van der Waals surface area contributed by atoms with Crippen molar-refractivity contribution in [2.24, 2.45) is 0 Å². The van der Waals surface area contributed by atoms with Crippen LogP contribution in [0.1, 0.15) is 25.3 Å². The summed E-state index contributed by atoms with van der Waals surface area (Å²) in [6, 6.07) is 9.56. The summed E-state index contributed by atoms with van der Waals surface area (Å²) in [4.78, 5) is 12.6. The molecule has 21 heavy (non-hydrogen) atoms. The van der Waals surface area contributed by atoms with Gasteiger partial charge in [0.05, 0.1) is 12.0 Å². The second-order valence-corrected chi connectivity index (χ2v) is 5.81. The van der Waals surface area contributed by atoms with Gasteiger partial charge in [-0.25, -0.2) is 0 Å². The third-order valence-electron chi connectivity index (χ3n) is 4.05.